The van der Waals surface area contributed by atoms with Crippen molar-refractivity contribution < 1.29 is 23.8 Å². The first kappa shape index (κ1) is 19.1. The smallest absolute Gasteiger partial charge is 0.251 e. The van der Waals surface area contributed by atoms with E-state index in [1.807, 2.05) is 0 Å². The Morgan fingerprint density at radius 1 is 1.08 bits per heavy atom. The monoisotopic (exact) mass is 350 g/mol. The molecule has 1 aromatic rings. The summed E-state index contributed by atoms with van der Waals surface area (Å²) in [5.74, 6) is 1.19. The quantitative estimate of drug-likeness (QED) is 0.589. The molecule has 2 amide bonds. The first-order chi connectivity index (χ1) is 12.1. The molecule has 1 aliphatic rings. The minimum atomic E-state index is -0.361. The van der Waals surface area contributed by atoms with Crippen molar-refractivity contribution in [3.05, 3.63) is 23.8 Å². The number of benzene rings is 1. The Bertz CT molecular complexity index is 565. The molecule has 0 spiro atoms. The SMILES string of the molecule is COc1cc(OC)cc(C(=O)NCC(=O)NCCCOCC2CC2)c1. The van der Waals surface area contributed by atoms with Crippen LogP contribution in [0.25, 0.3) is 0 Å². The van der Waals surface area contributed by atoms with Crippen LogP contribution in [0.1, 0.15) is 29.6 Å². The molecule has 7 heteroatoms. The lowest BCUT2D eigenvalue weighted by Gasteiger charge is -2.10. The van der Waals surface area contributed by atoms with Crippen LogP contribution in [0.5, 0.6) is 11.5 Å². The average molecular weight is 350 g/mol. The zero-order valence-electron chi connectivity index (χ0n) is 14.8. The third kappa shape index (κ3) is 7.01. The lowest BCUT2D eigenvalue weighted by atomic mass is 10.2. The van der Waals surface area contributed by atoms with Gasteiger partial charge in [0.15, 0.2) is 0 Å². The fourth-order valence-electron chi connectivity index (χ4n) is 2.20. The largest absolute Gasteiger partial charge is 0.497 e. The molecule has 0 aliphatic heterocycles. The summed E-state index contributed by atoms with van der Waals surface area (Å²) in [6.45, 7) is 1.92. The highest BCUT2D eigenvalue weighted by Crippen LogP contribution is 2.28. The molecule has 138 valence electrons. The first-order valence-corrected chi connectivity index (χ1v) is 8.48. The van der Waals surface area contributed by atoms with Crippen molar-refractivity contribution in [1.82, 2.24) is 10.6 Å². The number of methoxy groups -OCH3 is 2. The summed E-state index contributed by atoms with van der Waals surface area (Å²) in [4.78, 5) is 23.9. The molecule has 0 saturated heterocycles. The van der Waals surface area contributed by atoms with E-state index in [0.29, 0.717) is 30.2 Å². The average Bonchev–Trinajstić information content (AvgIpc) is 3.46. The highest BCUT2D eigenvalue weighted by molar-refractivity contribution is 5.97. The summed E-state index contributed by atoms with van der Waals surface area (Å²) in [5, 5.41) is 5.34. The number of hydrogen-bond donors (Lipinski definition) is 2. The van der Waals surface area contributed by atoms with Gasteiger partial charge in [-0.1, -0.05) is 0 Å². The highest BCUT2D eigenvalue weighted by Gasteiger charge is 2.20. The van der Waals surface area contributed by atoms with E-state index in [-0.39, 0.29) is 18.4 Å². The van der Waals surface area contributed by atoms with Crippen molar-refractivity contribution >= 4 is 11.8 Å². The maximum atomic E-state index is 12.1. The van der Waals surface area contributed by atoms with Gasteiger partial charge < -0.3 is 24.8 Å². The van der Waals surface area contributed by atoms with E-state index in [9.17, 15) is 9.59 Å². The van der Waals surface area contributed by atoms with Gasteiger partial charge in [-0.15, -0.1) is 0 Å². The zero-order chi connectivity index (χ0) is 18.1. The van der Waals surface area contributed by atoms with Crippen LogP contribution in [0.4, 0.5) is 0 Å². The first-order valence-electron chi connectivity index (χ1n) is 8.48. The van der Waals surface area contributed by atoms with Crippen molar-refractivity contribution in [1.29, 1.82) is 0 Å². The van der Waals surface area contributed by atoms with Gasteiger partial charge in [-0.2, -0.15) is 0 Å². The van der Waals surface area contributed by atoms with Crippen LogP contribution >= 0.6 is 0 Å². The predicted octanol–water partition coefficient (Wildman–Crippen LogP) is 1.37. The molecule has 2 N–H and O–H groups in total. The Hall–Kier alpha value is -2.28. The molecule has 0 aromatic heterocycles. The van der Waals surface area contributed by atoms with Gasteiger partial charge in [-0.25, -0.2) is 0 Å². The molecule has 0 bridgehead atoms. The maximum absolute atomic E-state index is 12.1. The molecule has 1 saturated carbocycles. The van der Waals surface area contributed by atoms with E-state index in [2.05, 4.69) is 10.6 Å². The summed E-state index contributed by atoms with van der Waals surface area (Å²) in [6.07, 6.45) is 3.31. The van der Waals surface area contributed by atoms with Gasteiger partial charge in [0.05, 0.1) is 20.8 Å². The van der Waals surface area contributed by atoms with E-state index < -0.39 is 0 Å². The number of carbonyl (C=O) groups excluding carboxylic acids is 2. The van der Waals surface area contributed by atoms with Crippen LogP contribution < -0.4 is 20.1 Å². The molecular weight excluding hydrogens is 324 g/mol. The Balaban J connectivity index is 1.65. The number of nitrogens with one attached hydrogen (secondary N) is 2. The molecule has 0 unspecified atom stereocenters. The van der Waals surface area contributed by atoms with Crippen molar-refractivity contribution in [3.8, 4) is 11.5 Å². The van der Waals surface area contributed by atoms with Gasteiger partial charge in [-0.3, -0.25) is 9.59 Å². The van der Waals surface area contributed by atoms with Gasteiger partial charge in [-0.05, 0) is 37.3 Å². The molecule has 7 nitrogen and oxygen atoms in total. The van der Waals surface area contributed by atoms with Crippen LogP contribution in [0.3, 0.4) is 0 Å². The molecule has 0 radical (unpaired) electrons. The molecule has 1 aromatic carbocycles. The molecule has 1 fully saturated rings. The number of ether oxygens (including phenoxy) is 3. The van der Waals surface area contributed by atoms with Crippen molar-refractivity contribution in [3.63, 3.8) is 0 Å². The van der Waals surface area contributed by atoms with Crippen LogP contribution in [0.15, 0.2) is 18.2 Å². The number of rotatable bonds is 11. The third-order valence-corrected chi connectivity index (χ3v) is 3.86. The van der Waals surface area contributed by atoms with Gasteiger partial charge in [0, 0.05) is 31.4 Å². The van der Waals surface area contributed by atoms with Crippen LogP contribution in [0, 0.1) is 5.92 Å². The molecule has 0 heterocycles. The summed E-state index contributed by atoms with van der Waals surface area (Å²) >= 11 is 0. The van der Waals surface area contributed by atoms with E-state index in [1.54, 1.807) is 18.2 Å². The molecule has 2 rings (SSSR count). The normalized spacial score (nSPS) is 13.2. The van der Waals surface area contributed by atoms with Gasteiger partial charge in [0.25, 0.3) is 5.91 Å². The van der Waals surface area contributed by atoms with E-state index in [0.717, 1.165) is 18.9 Å². The lowest BCUT2D eigenvalue weighted by molar-refractivity contribution is -0.120. The lowest BCUT2D eigenvalue weighted by Crippen LogP contribution is -2.37. The van der Waals surface area contributed by atoms with Crippen molar-refractivity contribution in [2.75, 3.05) is 40.5 Å². The fraction of sp³-hybridized carbons (Fsp3) is 0.556. The maximum Gasteiger partial charge on any atom is 0.251 e. The van der Waals surface area contributed by atoms with Crippen LogP contribution in [0.2, 0.25) is 0 Å². The van der Waals surface area contributed by atoms with E-state index >= 15 is 0 Å². The number of amides is 2. The Kier molecular flexibility index (Phi) is 7.53. The molecule has 0 atom stereocenters. The summed E-state index contributed by atoms with van der Waals surface area (Å²) < 4.78 is 15.7. The number of hydrogen-bond acceptors (Lipinski definition) is 5. The van der Waals surface area contributed by atoms with Gasteiger partial charge in [0.2, 0.25) is 5.91 Å². The Morgan fingerprint density at radius 2 is 1.76 bits per heavy atom. The molecular formula is C18H26N2O5. The summed E-state index contributed by atoms with van der Waals surface area (Å²) in [5.41, 5.74) is 0.373. The topological polar surface area (TPSA) is 85.9 Å². The standard InChI is InChI=1S/C18H26N2O5/c1-23-15-8-14(9-16(10-15)24-2)18(22)20-11-17(21)19-6-3-7-25-12-13-4-5-13/h8-10,13H,3-7,11-12H2,1-2H3,(H,19,21)(H,20,22). The zero-order valence-corrected chi connectivity index (χ0v) is 14.8. The van der Waals surface area contributed by atoms with Gasteiger partial charge in [0.1, 0.15) is 11.5 Å². The van der Waals surface area contributed by atoms with Crippen LogP contribution in [-0.4, -0.2) is 52.3 Å². The molecule has 25 heavy (non-hydrogen) atoms. The van der Waals surface area contributed by atoms with Crippen LogP contribution in [-0.2, 0) is 9.53 Å². The van der Waals surface area contributed by atoms with Gasteiger partial charge >= 0.3 is 0 Å². The Labute approximate surface area is 148 Å². The second kappa shape index (κ2) is 9.88. The minimum Gasteiger partial charge on any atom is -0.497 e. The molecule has 1 aliphatic carbocycles. The Morgan fingerprint density at radius 3 is 2.36 bits per heavy atom. The second-order valence-electron chi connectivity index (χ2n) is 6.01. The van der Waals surface area contributed by atoms with Crippen molar-refractivity contribution in [2.45, 2.75) is 19.3 Å². The fourth-order valence-corrected chi connectivity index (χ4v) is 2.20. The third-order valence-electron chi connectivity index (χ3n) is 3.86. The van der Waals surface area contributed by atoms with E-state index in [4.69, 9.17) is 14.2 Å². The second-order valence-corrected chi connectivity index (χ2v) is 6.01. The minimum absolute atomic E-state index is 0.0821. The summed E-state index contributed by atoms with van der Waals surface area (Å²) in [7, 11) is 3.02. The van der Waals surface area contributed by atoms with E-state index in [1.165, 1.54) is 27.1 Å². The summed E-state index contributed by atoms with van der Waals surface area (Å²) in [6, 6.07) is 4.86. The van der Waals surface area contributed by atoms with Crippen molar-refractivity contribution in [2.24, 2.45) is 5.92 Å². The highest BCUT2D eigenvalue weighted by atomic mass is 16.5. The predicted molar refractivity (Wildman–Crippen MR) is 93.0 cm³/mol. The number of carbonyl (C=O) groups is 2.